The molecule has 3 atom stereocenters. The first-order valence-corrected chi connectivity index (χ1v) is 6.04. The van der Waals surface area contributed by atoms with E-state index < -0.39 is 18.2 Å². The summed E-state index contributed by atoms with van der Waals surface area (Å²) in [6.07, 6.45) is -0.102. The van der Waals surface area contributed by atoms with Crippen LogP contribution in [0.3, 0.4) is 0 Å². The lowest BCUT2D eigenvalue weighted by Crippen LogP contribution is -2.22. The van der Waals surface area contributed by atoms with Crippen molar-refractivity contribution in [2.45, 2.75) is 31.2 Å². The molecule has 5 nitrogen and oxygen atoms in total. The fourth-order valence-corrected chi connectivity index (χ4v) is 2.42. The van der Waals surface area contributed by atoms with Gasteiger partial charge < -0.3 is 20.1 Å². The summed E-state index contributed by atoms with van der Waals surface area (Å²) in [5.74, 6) is 0.215. The Labute approximate surface area is 92.4 Å². The average Bonchev–Trinajstić information content (AvgIpc) is 2.66. The molecular weight excluding hydrogens is 220 g/mol. The van der Waals surface area contributed by atoms with Crippen LogP contribution in [0.2, 0.25) is 0 Å². The lowest BCUT2D eigenvalue weighted by Gasteiger charge is -2.12. The highest BCUT2D eigenvalue weighted by Gasteiger charge is 2.30. The average molecular weight is 236 g/mol. The van der Waals surface area contributed by atoms with Crippen LogP contribution in [0, 0.1) is 0 Å². The summed E-state index contributed by atoms with van der Waals surface area (Å²) >= 11 is 1.47. The summed E-state index contributed by atoms with van der Waals surface area (Å²) in [4.78, 5) is 10.6. The molecule has 88 valence electrons. The maximum absolute atomic E-state index is 10.6. The van der Waals surface area contributed by atoms with Gasteiger partial charge in [0.05, 0.1) is 18.8 Å². The molecule has 0 aromatic rings. The molecule has 15 heavy (non-hydrogen) atoms. The van der Waals surface area contributed by atoms with E-state index in [0.717, 1.165) is 6.42 Å². The molecule has 0 radical (unpaired) electrons. The first kappa shape index (κ1) is 12.8. The minimum Gasteiger partial charge on any atom is -0.479 e. The maximum atomic E-state index is 10.6. The molecule has 1 aliphatic rings. The molecule has 3 N–H and O–H groups in total. The number of hydrogen-bond acceptors (Lipinski definition) is 5. The van der Waals surface area contributed by atoms with E-state index in [2.05, 4.69) is 0 Å². The van der Waals surface area contributed by atoms with Crippen LogP contribution in [-0.4, -0.2) is 57.7 Å². The van der Waals surface area contributed by atoms with Crippen molar-refractivity contribution in [1.29, 1.82) is 0 Å². The van der Waals surface area contributed by atoms with E-state index in [1.807, 2.05) is 0 Å². The van der Waals surface area contributed by atoms with Gasteiger partial charge in [0.2, 0.25) is 0 Å². The molecule has 6 heteroatoms. The zero-order valence-electron chi connectivity index (χ0n) is 8.33. The summed E-state index contributed by atoms with van der Waals surface area (Å²) in [7, 11) is 0. The molecular formula is C9H16O5S. The third-order valence-electron chi connectivity index (χ3n) is 2.21. The number of thioether (sulfide) groups is 1. The molecule has 3 unspecified atom stereocenters. The fraction of sp³-hybridized carbons (Fsp3) is 0.889. The standard InChI is InChI=1S/C9H16O5S/c10-3-6(11)4-15-5-7-1-2-8(14-7)9(12)13/h6-8,10-11H,1-5H2,(H,12,13). The number of rotatable bonds is 6. The van der Waals surface area contributed by atoms with Crippen LogP contribution in [-0.2, 0) is 9.53 Å². The molecule has 0 spiro atoms. The number of hydrogen-bond donors (Lipinski definition) is 3. The Bertz CT molecular complexity index is 211. The van der Waals surface area contributed by atoms with Gasteiger partial charge in [-0.25, -0.2) is 4.79 Å². The van der Waals surface area contributed by atoms with Crippen molar-refractivity contribution >= 4 is 17.7 Å². The third kappa shape index (κ3) is 4.38. The number of carboxylic acid groups (broad SMARTS) is 1. The van der Waals surface area contributed by atoms with Crippen LogP contribution in [0.1, 0.15) is 12.8 Å². The van der Waals surface area contributed by atoms with E-state index in [1.54, 1.807) is 0 Å². The summed E-state index contributed by atoms with van der Waals surface area (Å²) in [5, 5.41) is 26.3. The molecule has 0 aromatic carbocycles. The molecule has 1 saturated heterocycles. The molecule has 0 saturated carbocycles. The van der Waals surface area contributed by atoms with E-state index in [-0.39, 0.29) is 12.7 Å². The Hall–Kier alpha value is -0.300. The normalized spacial score (nSPS) is 27.9. The van der Waals surface area contributed by atoms with E-state index in [9.17, 15) is 4.79 Å². The highest BCUT2D eigenvalue weighted by atomic mass is 32.2. The second kappa shape index (κ2) is 6.32. The second-order valence-electron chi connectivity index (χ2n) is 3.54. The number of ether oxygens (including phenoxy) is 1. The van der Waals surface area contributed by atoms with Gasteiger partial charge in [0.25, 0.3) is 0 Å². The smallest absolute Gasteiger partial charge is 0.332 e. The minimum absolute atomic E-state index is 0.0398. The number of aliphatic hydroxyl groups is 2. The van der Waals surface area contributed by atoms with Crippen molar-refractivity contribution in [3.63, 3.8) is 0 Å². The van der Waals surface area contributed by atoms with Gasteiger partial charge >= 0.3 is 5.97 Å². The molecule has 0 amide bonds. The minimum atomic E-state index is -0.905. The Morgan fingerprint density at radius 2 is 2.27 bits per heavy atom. The van der Waals surface area contributed by atoms with Crippen LogP contribution >= 0.6 is 11.8 Å². The highest BCUT2D eigenvalue weighted by molar-refractivity contribution is 7.99. The highest BCUT2D eigenvalue weighted by Crippen LogP contribution is 2.23. The Balaban J connectivity index is 2.11. The van der Waals surface area contributed by atoms with Gasteiger partial charge in [-0.3, -0.25) is 0 Å². The van der Waals surface area contributed by atoms with Gasteiger partial charge in [-0.2, -0.15) is 11.8 Å². The molecule has 1 fully saturated rings. The van der Waals surface area contributed by atoms with Gasteiger partial charge in [-0.15, -0.1) is 0 Å². The number of carboxylic acids is 1. The van der Waals surface area contributed by atoms with Gasteiger partial charge in [-0.05, 0) is 12.8 Å². The second-order valence-corrected chi connectivity index (χ2v) is 4.61. The monoisotopic (exact) mass is 236 g/mol. The summed E-state index contributed by atoms with van der Waals surface area (Å²) in [6, 6.07) is 0. The summed E-state index contributed by atoms with van der Waals surface area (Å²) in [5.41, 5.74) is 0. The van der Waals surface area contributed by atoms with Crippen molar-refractivity contribution in [1.82, 2.24) is 0 Å². The van der Waals surface area contributed by atoms with Crippen LogP contribution in [0.5, 0.6) is 0 Å². The van der Waals surface area contributed by atoms with Crippen LogP contribution in [0.25, 0.3) is 0 Å². The predicted molar refractivity (Wildman–Crippen MR) is 55.9 cm³/mol. The van der Waals surface area contributed by atoms with Crippen LogP contribution in [0.4, 0.5) is 0 Å². The molecule has 0 aliphatic carbocycles. The van der Waals surface area contributed by atoms with E-state index >= 15 is 0 Å². The summed E-state index contributed by atoms with van der Waals surface area (Å²) < 4.78 is 5.27. The Morgan fingerprint density at radius 1 is 1.53 bits per heavy atom. The number of aliphatic carboxylic acids is 1. The SMILES string of the molecule is O=C(O)C1CCC(CSCC(O)CO)O1. The molecule has 0 aromatic heterocycles. The molecule has 1 heterocycles. The van der Waals surface area contributed by atoms with Crippen molar-refractivity contribution in [3.05, 3.63) is 0 Å². The van der Waals surface area contributed by atoms with Gasteiger partial charge in [0, 0.05) is 11.5 Å². The van der Waals surface area contributed by atoms with Gasteiger partial charge in [0.1, 0.15) is 0 Å². The van der Waals surface area contributed by atoms with Gasteiger partial charge in [-0.1, -0.05) is 0 Å². The van der Waals surface area contributed by atoms with E-state index in [0.29, 0.717) is 17.9 Å². The Kier molecular flexibility index (Phi) is 5.38. The first-order valence-electron chi connectivity index (χ1n) is 4.88. The number of aliphatic hydroxyl groups excluding tert-OH is 2. The number of carbonyl (C=O) groups is 1. The van der Waals surface area contributed by atoms with Gasteiger partial charge in [0.15, 0.2) is 6.10 Å². The third-order valence-corrected chi connectivity index (χ3v) is 3.44. The lowest BCUT2D eigenvalue weighted by molar-refractivity contribution is -0.148. The maximum Gasteiger partial charge on any atom is 0.332 e. The van der Waals surface area contributed by atoms with Crippen LogP contribution < -0.4 is 0 Å². The molecule has 1 rings (SSSR count). The quantitative estimate of drug-likeness (QED) is 0.587. The van der Waals surface area contributed by atoms with E-state index in [4.69, 9.17) is 20.1 Å². The first-order chi connectivity index (χ1) is 7.13. The van der Waals surface area contributed by atoms with Crippen molar-refractivity contribution < 1.29 is 24.9 Å². The summed E-state index contributed by atoms with van der Waals surface area (Å²) in [6.45, 7) is -0.240. The molecule has 1 aliphatic heterocycles. The van der Waals surface area contributed by atoms with Crippen molar-refractivity contribution in [2.24, 2.45) is 0 Å². The lowest BCUT2D eigenvalue weighted by atomic mass is 10.2. The Morgan fingerprint density at radius 3 is 2.80 bits per heavy atom. The van der Waals surface area contributed by atoms with E-state index in [1.165, 1.54) is 11.8 Å². The molecule has 0 bridgehead atoms. The zero-order valence-corrected chi connectivity index (χ0v) is 9.15. The van der Waals surface area contributed by atoms with Crippen LogP contribution in [0.15, 0.2) is 0 Å². The topological polar surface area (TPSA) is 87.0 Å². The largest absolute Gasteiger partial charge is 0.479 e. The zero-order chi connectivity index (χ0) is 11.3. The fourth-order valence-electron chi connectivity index (χ4n) is 1.40. The van der Waals surface area contributed by atoms with Crippen molar-refractivity contribution in [2.75, 3.05) is 18.1 Å². The van der Waals surface area contributed by atoms with Crippen molar-refractivity contribution in [3.8, 4) is 0 Å². The predicted octanol–water partition coefficient (Wildman–Crippen LogP) is -0.295.